The Bertz CT molecular complexity index is 328. The maximum Gasteiger partial charge on any atom is 0.306 e. The Balaban J connectivity index is 2.69. The Hall–Kier alpha value is -1.10. The number of likely N-dealkylation sites (N-methyl/N-ethyl adjacent to an activating group) is 1. The molecule has 1 rings (SSSR count). The van der Waals surface area contributed by atoms with Crippen molar-refractivity contribution >= 4 is 11.9 Å². The molecular formula is C13H24N2O3. The van der Waals surface area contributed by atoms with Gasteiger partial charge in [-0.05, 0) is 40.2 Å². The van der Waals surface area contributed by atoms with Crippen LogP contribution in [0.4, 0.5) is 0 Å². The lowest BCUT2D eigenvalue weighted by molar-refractivity contribution is -0.149. The van der Waals surface area contributed by atoms with Crippen LogP contribution in [0.5, 0.6) is 0 Å². The van der Waals surface area contributed by atoms with Crippen molar-refractivity contribution in [3.05, 3.63) is 0 Å². The number of hydrogen-bond acceptors (Lipinski definition) is 3. The van der Waals surface area contributed by atoms with E-state index in [9.17, 15) is 9.59 Å². The van der Waals surface area contributed by atoms with E-state index in [1.807, 2.05) is 32.6 Å². The molecule has 0 aliphatic carbocycles. The van der Waals surface area contributed by atoms with Gasteiger partial charge >= 0.3 is 5.97 Å². The average Bonchev–Trinajstić information content (AvgIpc) is 2.27. The van der Waals surface area contributed by atoms with Gasteiger partial charge in [-0.1, -0.05) is 6.92 Å². The predicted octanol–water partition coefficient (Wildman–Crippen LogP) is 1.09. The van der Waals surface area contributed by atoms with Gasteiger partial charge in [-0.3, -0.25) is 9.59 Å². The summed E-state index contributed by atoms with van der Waals surface area (Å²) in [6, 6.07) is -0.00900. The summed E-state index contributed by atoms with van der Waals surface area (Å²) >= 11 is 0. The molecule has 0 aromatic carbocycles. The van der Waals surface area contributed by atoms with Crippen molar-refractivity contribution in [3.63, 3.8) is 0 Å². The van der Waals surface area contributed by atoms with Crippen molar-refractivity contribution in [2.45, 2.75) is 52.1 Å². The van der Waals surface area contributed by atoms with Gasteiger partial charge in [0.1, 0.15) is 0 Å². The molecule has 0 aromatic heterocycles. The molecule has 1 aliphatic heterocycles. The molecule has 1 saturated heterocycles. The fourth-order valence-electron chi connectivity index (χ4n) is 2.57. The molecule has 2 atom stereocenters. The molecule has 1 heterocycles. The van der Waals surface area contributed by atoms with Gasteiger partial charge < -0.3 is 15.3 Å². The van der Waals surface area contributed by atoms with Crippen LogP contribution < -0.4 is 5.32 Å². The van der Waals surface area contributed by atoms with Crippen molar-refractivity contribution in [2.75, 3.05) is 13.1 Å². The van der Waals surface area contributed by atoms with Gasteiger partial charge in [0.2, 0.25) is 5.91 Å². The minimum atomic E-state index is -0.750. The number of likely N-dealkylation sites (tertiary alicyclic amines) is 1. The summed E-state index contributed by atoms with van der Waals surface area (Å²) in [5.41, 5.74) is -0.584. The number of carboxylic acid groups (broad SMARTS) is 1. The van der Waals surface area contributed by atoms with Crippen molar-refractivity contribution in [1.29, 1.82) is 0 Å². The lowest BCUT2D eigenvalue weighted by Gasteiger charge is -2.40. The molecule has 0 spiro atoms. The SMILES string of the molecule is CCNC(C)(C)C(=O)N1CCC(C(=O)O)CC1C. The molecule has 2 unspecified atom stereocenters. The highest BCUT2D eigenvalue weighted by Gasteiger charge is 2.37. The smallest absolute Gasteiger partial charge is 0.306 e. The predicted molar refractivity (Wildman–Crippen MR) is 69.3 cm³/mol. The van der Waals surface area contributed by atoms with Crippen LogP contribution in [0.3, 0.4) is 0 Å². The van der Waals surface area contributed by atoms with E-state index < -0.39 is 11.5 Å². The maximum absolute atomic E-state index is 12.4. The van der Waals surface area contributed by atoms with E-state index in [0.29, 0.717) is 19.4 Å². The number of nitrogens with one attached hydrogen (secondary N) is 1. The summed E-state index contributed by atoms with van der Waals surface area (Å²) < 4.78 is 0. The number of hydrogen-bond donors (Lipinski definition) is 2. The molecule has 18 heavy (non-hydrogen) atoms. The summed E-state index contributed by atoms with van der Waals surface area (Å²) in [6.45, 7) is 8.90. The Morgan fingerprint density at radius 1 is 1.44 bits per heavy atom. The van der Waals surface area contributed by atoms with Crippen molar-refractivity contribution in [2.24, 2.45) is 5.92 Å². The van der Waals surface area contributed by atoms with E-state index in [2.05, 4.69) is 5.32 Å². The highest BCUT2D eigenvalue weighted by atomic mass is 16.4. The molecule has 1 fully saturated rings. The normalized spacial score (nSPS) is 25.0. The van der Waals surface area contributed by atoms with Crippen LogP contribution in [0.25, 0.3) is 0 Å². The zero-order chi connectivity index (χ0) is 13.9. The van der Waals surface area contributed by atoms with Crippen LogP contribution in [-0.2, 0) is 9.59 Å². The highest BCUT2D eigenvalue weighted by Crippen LogP contribution is 2.25. The zero-order valence-corrected chi connectivity index (χ0v) is 11.7. The Kier molecular flexibility index (Phi) is 4.73. The summed E-state index contributed by atoms with van der Waals surface area (Å²) in [4.78, 5) is 25.2. The van der Waals surface area contributed by atoms with E-state index in [4.69, 9.17) is 5.11 Å². The van der Waals surface area contributed by atoms with Gasteiger partial charge in [-0.15, -0.1) is 0 Å². The van der Waals surface area contributed by atoms with Crippen molar-refractivity contribution in [1.82, 2.24) is 10.2 Å². The quantitative estimate of drug-likeness (QED) is 0.790. The molecule has 2 N–H and O–H groups in total. The van der Waals surface area contributed by atoms with E-state index in [1.165, 1.54) is 0 Å². The summed E-state index contributed by atoms with van der Waals surface area (Å²) in [6.07, 6.45) is 1.09. The number of piperidine rings is 1. The number of carbonyl (C=O) groups excluding carboxylic acids is 1. The molecule has 5 heteroatoms. The average molecular weight is 256 g/mol. The minimum absolute atomic E-state index is 0.00900. The lowest BCUT2D eigenvalue weighted by Crippen LogP contribution is -2.58. The monoisotopic (exact) mass is 256 g/mol. The van der Waals surface area contributed by atoms with E-state index in [0.717, 1.165) is 6.54 Å². The van der Waals surface area contributed by atoms with Crippen LogP contribution in [0.2, 0.25) is 0 Å². The first-order chi connectivity index (χ1) is 8.29. The van der Waals surface area contributed by atoms with Gasteiger partial charge in [0.25, 0.3) is 0 Å². The zero-order valence-electron chi connectivity index (χ0n) is 11.7. The number of rotatable bonds is 4. The highest BCUT2D eigenvalue weighted by molar-refractivity contribution is 5.86. The largest absolute Gasteiger partial charge is 0.481 e. The molecule has 5 nitrogen and oxygen atoms in total. The first kappa shape index (κ1) is 15.0. The fourth-order valence-corrected chi connectivity index (χ4v) is 2.57. The van der Waals surface area contributed by atoms with Crippen LogP contribution in [0.1, 0.15) is 40.5 Å². The standard InChI is InChI=1S/C13H24N2O3/c1-5-14-13(3,4)12(18)15-7-6-10(11(16)17)8-9(15)2/h9-10,14H,5-8H2,1-4H3,(H,16,17). The van der Waals surface area contributed by atoms with Gasteiger partial charge in [-0.25, -0.2) is 0 Å². The van der Waals surface area contributed by atoms with Gasteiger partial charge in [0.15, 0.2) is 0 Å². The van der Waals surface area contributed by atoms with Crippen LogP contribution >= 0.6 is 0 Å². The molecule has 0 saturated carbocycles. The first-order valence-electron chi connectivity index (χ1n) is 6.58. The van der Waals surface area contributed by atoms with E-state index in [-0.39, 0.29) is 17.9 Å². The molecule has 1 amide bonds. The number of nitrogens with zero attached hydrogens (tertiary/aromatic N) is 1. The molecule has 0 aromatic rings. The Morgan fingerprint density at radius 2 is 2.06 bits per heavy atom. The van der Waals surface area contributed by atoms with Crippen molar-refractivity contribution in [3.8, 4) is 0 Å². The van der Waals surface area contributed by atoms with E-state index in [1.54, 1.807) is 0 Å². The third-order valence-electron chi connectivity index (χ3n) is 3.64. The van der Waals surface area contributed by atoms with Crippen LogP contribution in [0.15, 0.2) is 0 Å². The molecule has 0 bridgehead atoms. The number of carbonyl (C=O) groups is 2. The Labute approximate surface area is 109 Å². The molecular weight excluding hydrogens is 232 g/mol. The lowest BCUT2D eigenvalue weighted by atomic mass is 9.90. The molecule has 104 valence electrons. The van der Waals surface area contributed by atoms with E-state index >= 15 is 0 Å². The number of amides is 1. The Morgan fingerprint density at radius 3 is 2.50 bits per heavy atom. The number of carboxylic acids is 1. The third kappa shape index (κ3) is 3.22. The maximum atomic E-state index is 12.4. The summed E-state index contributed by atoms with van der Waals surface area (Å²) in [5.74, 6) is -1.01. The van der Waals surface area contributed by atoms with Gasteiger partial charge in [-0.2, -0.15) is 0 Å². The van der Waals surface area contributed by atoms with Gasteiger partial charge in [0, 0.05) is 12.6 Å². The second kappa shape index (κ2) is 5.69. The first-order valence-corrected chi connectivity index (χ1v) is 6.58. The second-order valence-electron chi connectivity index (χ2n) is 5.56. The molecule has 1 aliphatic rings. The van der Waals surface area contributed by atoms with Crippen LogP contribution in [0, 0.1) is 5.92 Å². The van der Waals surface area contributed by atoms with Crippen LogP contribution in [-0.4, -0.2) is 46.6 Å². The third-order valence-corrected chi connectivity index (χ3v) is 3.64. The number of aliphatic carboxylic acids is 1. The minimum Gasteiger partial charge on any atom is -0.481 e. The summed E-state index contributed by atoms with van der Waals surface area (Å²) in [7, 11) is 0. The van der Waals surface area contributed by atoms with Crippen molar-refractivity contribution < 1.29 is 14.7 Å². The topological polar surface area (TPSA) is 69.6 Å². The second-order valence-corrected chi connectivity index (χ2v) is 5.56. The summed E-state index contributed by atoms with van der Waals surface area (Å²) in [5, 5.41) is 12.2. The van der Waals surface area contributed by atoms with Gasteiger partial charge in [0.05, 0.1) is 11.5 Å². The fraction of sp³-hybridized carbons (Fsp3) is 0.846. The molecule has 0 radical (unpaired) electrons.